The zero-order valence-corrected chi connectivity index (χ0v) is 12.4. The topological polar surface area (TPSA) is 29.9 Å². The SMILES string of the molecule is CCC1CCCCC1n1cc(CNC2CC2)c(C)n1. The van der Waals surface area contributed by atoms with E-state index in [1.54, 1.807) is 0 Å². The van der Waals surface area contributed by atoms with Crippen LogP contribution in [0.5, 0.6) is 0 Å². The van der Waals surface area contributed by atoms with E-state index < -0.39 is 0 Å². The highest BCUT2D eigenvalue weighted by Gasteiger charge is 2.26. The van der Waals surface area contributed by atoms with Crippen LogP contribution in [0, 0.1) is 12.8 Å². The summed E-state index contributed by atoms with van der Waals surface area (Å²) in [5, 5.41) is 8.41. The van der Waals surface area contributed by atoms with Crippen molar-refractivity contribution in [2.24, 2.45) is 5.92 Å². The van der Waals surface area contributed by atoms with Gasteiger partial charge in [0.1, 0.15) is 0 Å². The highest BCUT2D eigenvalue weighted by Crippen LogP contribution is 2.35. The first-order valence-corrected chi connectivity index (χ1v) is 8.06. The van der Waals surface area contributed by atoms with E-state index in [0.717, 1.165) is 18.5 Å². The Hall–Kier alpha value is -0.830. The number of rotatable bonds is 5. The van der Waals surface area contributed by atoms with Gasteiger partial charge in [-0.1, -0.05) is 26.2 Å². The minimum atomic E-state index is 0.645. The summed E-state index contributed by atoms with van der Waals surface area (Å²) in [6.45, 7) is 5.49. The molecule has 0 amide bonds. The largest absolute Gasteiger partial charge is 0.310 e. The molecule has 0 aliphatic heterocycles. The zero-order chi connectivity index (χ0) is 13.2. The fourth-order valence-corrected chi connectivity index (χ4v) is 3.42. The van der Waals surface area contributed by atoms with Crippen molar-refractivity contribution in [2.75, 3.05) is 0 Å². The maximum absolute atomic E-state index is 4.81. The maximum atomic E-state index is 4.81. The predicted octanol–water partition coefficient (Wildman–Crippen LogP) is 3.58. The zero-order valence-electron chi connectivity index (χ0n) is 12.4. The molecule has 0 radical (unpaired) electrons. The summed E-state index contributed by atoms with van der Waals surface area (Å²) in [6.07, 6.45) is 11.8. The lowest BCUT2D eigenvalue weighted by atomic mass is 9.83. The van der Waals surface area contributed by atoms with Gasteiger partial charge < -0.3 is 5.32 Å². The molecule has 3 heteroatoms. The second kappa shape index (κ2) is 5.66. The van der Waals surface area contributed by atoms with Crippen molar-refractivity contribution in [1.29, 1.82) is 0 Å². The Morgan fingerprint density at radius 1 is 1.26 bits per heavy atom. The first-order valence-electron chi connectivity index (χ1n) is 8.06. The van der Waals surface area contributed by atoms with Gasteiger partial charge in [0.25, 0.3) is 0 Å². The average molecular weight is 261 g/mol. The van der Waals surface area contributed by atoms with Crippen LogP contribution in [0.25, 0.3) is 0 Å². The molecule has 2 fully saturated rings. The molecule has 3 rings (SSSR count). The second-order valence-electron chi connectivity index (χ2n) is 6.40. The molecule has 0 saturated heterocycles. The van der Waals surface area contributed by atoms with Gasteiger partial charge in [-0.05, 0) is 38.5 Å². The summed E-state index contributed by atoms with van der Waals surface area (Å²) in [6, 6.07) is 1.42. The van der Waals surface area contributed by atoms with Crippen LogP contribution in [0.4, 0.5) is 0 Å². The molecule has 0 bridgehead atoms. The Labute approximate surface area is 116 Å². The molecule has 1 N–H and O–H groups in total. The molecule has 2 saturated carbocycles. The molecule has 2 atom stereocenters. The Morgan fingerprint density at radius 3 is 2.79 bits per heavy atom. The van der Waals surface area contributed by atoms with Gasteiger partial charge >= 0.3 is 0 Å². The molecule has 0 spiro atoms. The van der Waals surface area contributed by atoms with Gasteiger partial charge in [-0.15, -0.1) is 0 Å². The van der Waals surface area contributed by atoms with E-state index in [1.807, 2.05) is 0 Å². The number of aryl methyl sites for hydroxylation is 1. The van der Waals surface area contributed by atoms with Crippen molar-refractivity contribution in [3.63, 3.8) is 0 Å². The molecule has 2 unspecified atom stereocenters. The van der Waals surface area contributed by atoms with E-state index in [1.165, 1.54) is 56.2 Å². The van der Waals surface area contributed by atoms with Gasteiger partial charge in [-0.25, -0.2) is 0 Å². The van der Waals surface area contributed by atoms with Crippen LogP contribution in [0.2, 0.25) is 0 Å². The molecule has 3 nitrogen and oxygen atoms in total. The van der Waals surface area contributed by atoms with Gasteiger partial charge in [0.05, 0.1) is 11.7 Å². The molecule has 19 heavy (non-hydrogen) atoms. The molecule has 106 valence electrons. The molecule has 1 heterocycles. The summed E-state index contributed by atoms with van der Waals surface area (Å²) in [7, 11) is 0. The van der Waals surface area contributed by atoms with Crippen LogP contribution in [-0.4, -0.2) is 15.8 Å². The van der Waals surface area contributed by atoms with E-state index in [-0.39, 0.29) is 0 Å². The van der Waals surface area contributed by atoms with E-state index in [4.69, 9.17) is 5.10 Å². The van der Waals surface area contributed by atoms with Crippen LogP contribution in [0.15, 0.2) is 6.20 Å². The van der Waals surface area contributed by atoms with E-state index >= 15 is 0 Å². The van der Waals surface area contributed by atoms with Crippen molar-refractivity contribution in [3.8, 4) is 0 Å². The number of hydrogen-bond donors (Lipinski definition) is 1. The Balaban J connectivity index is 1.70. The maximum Gasteiger partial charge on any atom is 0.0638 e. The van der Waals surface area contributed by atoms with Gasteiger partial charge in [0, 0.05) is 24.3 Å². The smallest absolute Gasteiger partial charge is 0.0638 e. The number of nitrogens with one attached hydrogen (secondary N) is 1. The summed E-state index contributed by atoms with van der Waals surface area (Å²) in [5.41, 5.74) is 2.61. The number of nitrogens with zero attached hydrogens (tertiary/aromatic N) is 2. The molecular formula is C16H27N3. The van der Waals surface area contributed by atoms with Crippen molar-refractivity contribution in [2.45, 2.75) is 77.4 Å². The van der Waals surface area contributed by atoms with Gasteiger partial charge in [0.2, 0.25) is 0 Å². The molecule has 2 aliphatic carbocycles. The molecule has 1 aromatic rings. The third-order valence-electron chi connectivity index (χ3n) is 4.91. The predicted molar refractivity (Wildman–Crippen MR) is 78.1 cm³/mol. The molecule has 1 aromatic heterocycles. The lowest BCUT2D eigenvalue weighted by Crippen LogP contribution is -2.23. The standard InChI is InChI=1S/C16H27N3/c1-3-13-6-4-5-7-16(13)19-11-14(12(2)18-19)10-17-15-8-9-15/h11,13,15-17H,3-10H2,1-2H3. The summed E-state index contributed by atoms with van der Waals surface area (Å²) >= 11 is 0. The fourth-order valence-electron chi connectivity index (χ4n) is 3.42. The van der Waals surface area contributed by atoms with Gasteiger partial charge in [-0.3, -0.25) is 4.68 Å². The van der Waals surface area contributed by atoms with Crippen LogP contribution >= 0.6 is 0 Å². The summed E-state index contributed by atoms with van der Waals surface area (Å²) in [5.74, 6) is 0.831. The average Bonchev–Trinajstić information content (AvgIpc) is 3.19. The lowest BCUT2D eigenvalue weighted by molar-refractivity contribution is 0.217. The van der Waals surface area contributed by atoms with Crippen LogP contribution in [0.1, 0.15) is 69.2 Å². The Morgan fingerprint density at radius 2 is 2.05 bits per heavy atom. The molecule has 2 aliphatic rings. The first kappa shape index (κ1) is 13.2. The lowest BCUT2D eigenvalue weighted by Gasteiger charge is -2.31. The van der Waals surface area contributed by atoms with E-state index in [9.17, 15) is 0 Å². The number of hydrogen-bond acceptors (Lipinski definition) is 2. The minimum Gasteiger partial charge on any atom is -0.310 e. The van der Waals surface area contributed by atoms with E-state index in [0.29, 0.717) is 6.04 Å². The number of aromatic nitrogens is 2. The van der Waals surface area contributed by atoms with Gasteiger partial charge in [-0.2, -0.15) is 5.10 Å². The first-order chi connectivity index (χ1) is 9.28. The third kappa shape index (κ3) is 3.02. The monoisotopic (exact) mass is 261 g/mol. The van der Waals surface area contributed by atoms with Crippen LogP contribution in [0.3, 0.4) is 0 Å². The van der Waals surface area contributed by atoms with Crippen molar-refractivity contribution in [3.05, 3.63) is 17.5 Å². The minimum absolute atomic E-state index is 0.645. The summed E-state index contributed by atoms with van der Waals surface area (Å²) in [4.78, 5) is 0. The Kier molecular flexibility index (Phi) is 3.92. The second-order valence-corrected chi connectivity index (χ2v) is 6.40. The summed E-state index contributed by atoms with van der Waals surface area (Å²) < 4.78 is 2.28. The quantitative estimate of drug-likeness (QED) is 0.878. The van der Waals surface area contributed by atoms with Crippen molar-refractivity contribution >= 4 is 0 Å². The Bertz CT molecular complexity index is 420. The van der Waals surface area contributed by atoms with Crippen LogP contribution < -0.4 is 5.32 Å². The highest BCUT2D eigenvalue weighted by atomic mass is 15.3. The van der Waals surface area contributed by atoms with Gasteiger partial charge in [0.15, 0.2) is 0 Å². The third-order valence-corrected chi connectivity index (χ3v) is 4.91. The molecular weight excluding hydrogens is 234 g/mol. The van der Waals surface area contributed by atoms with Crippen LogP contribution in [-0.2, 0) is 6.54 Å². The molecule has 0 aromatic carbocycles. The van der Waals surface area contributed by atoms with Crippen molar-refractivity contribution < 1.29 is 0 Å². The van der Waals surface area contributed by atoms with E-state index in [2.05, 4.69) is 30.0 Å². The normalized spacial score (nSPS) is 27.7. The van der Waals surface area contributed by atoms with Crippen molar-refractivity contribution in [1.82, 2.24) is 15.1 Å². The highest BCUT2D eigenvalue weighted by molar-refractivity contribution is 5.16. The fraction of sp³-hybridized carbons (Fsp3) is 0.812.